The van der Waals surface area contributed by atoms with E-state index in [0.717, 1.165) is 5.56 Å². The molecule has 0 atom stereocenters. The zero-order valence-corrected chi connectivity index (χ0v) is 12.5. The van der Waals surface area contributed by atoms with Crippen LogP contribution in [-0.2, 0) is 11.3 Å². The number of para-hydroxylation sites is 1. The van der Waals surface area contributed by atoms with Gasteiger partial charge in [0.15, 0.2) is 0 Å². The van der Waals surface area contributed by atoms with Crippen LogP contribution < -0.4 is 5.32 Å². The smallest absolute Gasteiger partial charge is 0.251 e. The van der Waals surface area contributed by atoms with Crippen LogP contribution in [0.4, 0.5) is 10.1 Å². The highest BCUT2D eigenvalue weighted by Crippen LogP contribution is 2.16. The van der Waals surface area contributed by atoms with E-state index in [1.165, 1.54) is 11.0 Å². The lowest BCUT2D eigenvalue weighted by molar-refractivity contribution is -0.125. The van der Waals surface area contributed by atoms with Crippen LogP contribution in [0, 0.1) is 5.82 Å². The molecule has 114 valence electrons. The summed E-state index contributed by atoms with van der Waals surface area (Å²) in [7, 11) is 0. The molecule has 6 heteroatoms. The Morgan fingerprint density at radius 2 is 1.77 bits per heavy atom. The standard InChI is InChI=1S/C16H14FN3O.ClH/c17-13-8-4-5-9-14(13)19-16-18-10-15(21)20(16)11-12-6-2-1-3-7-12;/h1-9H,10-11H2,(H,18,19);1H. The van der Waals surface area contributed by atoms with Crippen LogP contribution in [0.2, 0.25) is 0 Å². The molecule has 0 radical (unpaired) electrons. The van der Waals surface area contributed by atoms with Crippen molar-refractivity contribution in [1.82, 2.24) is 4.90 Å². The molecule has 0 aliphatic carbocycles. The molecule has 1 N–H and O–H groups in total. The number of carbonyl (C=O) groups is 1. The summed E-state index contributed by atoms with van der Waals surface area (Å²) in [6.45, 7) is 0.504. The first kappa shape index (κ1) is 16.0. The van der Waals surface area contributed by atoms with Crippen LogP contribution in [0.3, 0.4) is 0 Å². The average Bonchev–Trinajstić information content (AvgIpc) is 2.84. The summed E-state index contributed by atoms with van der Waals surface area (Å²) in [5, 5.41) is 2.89. The predicted octanol–water partition coefficient (Wildman–Crippen LogP) is 3.06. The Balaban J connectivity index is 0.00000176. The van der Waals surface area contributed by atoms with Crippen molar-refractivity contribution < 1.29 is 9.18 Å². The Hall–Kier alpha value is -2.40. The molecule has 0 fully saturated rings. The van der Waals surface area contributed by atoms with Crippen molar-refractivity contribution in [2.45, 2.75) is 6.54 Å². The van der Waals surface area contributed by atoms with Gasteiger partial charge in [-0.3, -0.25) is 9.69 Å². The molecule has 0 spiro atoms. The monoisotopic (exact) mass is 319 g/mol. The van der Waals surface area contributed by atoms with Crippen LogP contribution in [-0.4, -0.2) is 23.3 Å². The molecule has 2 aromatic rings. The van der Waals surface area contributed by atoms with E-state index in [0.29, 0.717) is 18.2 Å². The fourth-order valence-corrected chi connectivity index (χ4v) is 2.15. The van der Waals surface area contributed by atoms with Crippen LogP contribution in [0.25, 0.3) is 0 Å². The number of guanidine groups is 1. The maximum absolute atomic E-state index is 13.7. The van der Waals surface area contributed by atoms with Crippen LogP contribution in [0.5, 0.6) is 0 Å². The van der Waals surface area contributed by atoms with Gasteiger partial charge in [0.25, 0.3) is 5.91 Å². The molecular weight excluding hydrogens is 305 g/mol. The van der Waals surface area contributed by atoms with Gasteiger partial charge in [-0.05, 0) is 17.7 Å². The minimum atomic E-state index is -0.376. The van der Waals surface area contributed by atoms with Crippen molar-refractivity contribution in [3.8, 4) is 0 Å². The second kappa shape index (κ2) is 7.04. The number of rotatable bonds is 3. The van der Waals surface area contributed by atoms with Crippen molar-refractivity contribution in [3.05, 3.63) is 66.0 Å². The van der Waals surface area contributed by atoms with Gasteiger partial charge in [-0.2, -0.15) is 0 Å². The molecule has 2 aromatic carbocycles. The number of aliphatic imine (C=N–C) groups is 1. The number of hydrogen-bond donors (Lipinski definition) is 1. The Bertz CT molecular complexity index is 691. The molecule has 1 heterocycles. The van der Waals surface area contributed by atoms with Gasteiger partial charge in [0.05, 0.1) is 12.2 Å². The Kier molecular flexibility index (Phi) is 5.12. The van der Waals surface area contributed by atoms with Crippen molar-refractivity contribution >= 4 is 30.0 Å². The third-order valence-corrected chi connectivity index (χ3v) is 3.22. The van der Waals surface area contributed by atoms with E-state index in [4.69, 9.17) is 0 Å². The lowest BCUT2D eigenvalue weighted by Gasteiger charge is -2.19. The van der Waals surface area contributed by atoms with Gasteiger partial charge in [0.1, 0.15) is 12.4 Å². The summed E-state index contributed by atoms with van der Waals surface area (Å²) in [5.41, 5.74) is 1.31. The lowest BCUT2D eigenvalue weighted by atomic mass is 10.2. The Morgan fingerprint density at radius 3 is 2.50 bits per heavy atom. The first-order valence-corrected chi connectivity index (χ1v) is 6.64. The second-order valence-corrected chi connectivity index (χ2v) is 4.71. The maximum Gasteiger partial charge on any atom is 0.251 e. The van der Waals surface area contributed by atoms with Gasteiger partial charge in [0.2, 0.25) is 5.96 Å². The molecule has 22 heavy (non-hydrogen) atoms. The first-order valence-electron chi connectivity index (χ1n) is 6.64. The summed E-state index contributed by atoms with van der Waals surface area (Å²) in [4.78, 5) is 17.6. The first-order chi connectivity index (χ1) is 10.2. The molecule has 3 rings (SSSR count). The van der Waals surface area contributed by atoms with E-state index in [1.54, 1.807) is 18.2 Å². The van der Waals surface area contributed by atoms with Crippen LogP contribution >= 0.6 is 12.4 Å². The second-order valence-electron chi connectivity index (χ2n) is 4.71. The number of anilines is 1. The third kappa shape index (κ3) is 3.43. The molecule has 1 aliphatic rings. The SMILES string of the molecule is Cl.O=C1CN=C(Nc2ccccc2F)N1Cc1ccccc1. The van der Waals surface area contributed by atoms with Gasteiger partial charge >= 0.3 is 0 Å². The molecule has 4 nitrogen and oxygen atoms in total. The van der Waals surface area contributed by atoms with E-state index in [9.17, 15) is 9.18 Å². The number of nitrogens with one attached hydrogen (secondary N) is 1. The number of carbonyl (C=O) groups excluding carboxylic acids is 1. The fraction of sp³-hybridized carbons (Fsp3) is 0.125. The summed E-state index contributed by atoms with van der Waals surface area (Å²) >= 11 is 0. The highest BCUT2D eigenvalue weighted by molar-refractivity contribution is 6.08. The lowest BCUT2D eigenvalue weighted by Crippen LogP contribution is -2.36. The van der Waals surface area contributed by atoms with Crippen molar-refractivity contribution in [2.24, 2.45) is 4.99 Å². The zero-order valence-electron chi connectivity index (χ0n) is 11.7. The molecular formula is C16H15ClFN3O. The molecule has 1 amide bonds. The van der Waals surface area contributed by atoms with Crippen molar-refractivity contribution in [3.63, 3.8) is 0 Å². The number of amides is 1. The highest BCUT2D eigenvalue weighted by Gasteiger charge is 2.26. The van der Waals surface area contributed by atoms with Gasteiger partial charge in [-0.25, -0.2) is 9.38 Å². The van der Waals surface area contributed by atoms with Gasteiger partial charge < -0.3 is 5.32 Å². The topological polar surface area (TPSA) is 44.7 Å². The molecule has 0 saturated carbocycles. The summed E-state index contributed by atoms with van der Waals surface area (Å²) < 4.78 is 13.7. The maximum atomic E-state index is 13.7. The summed E-state index contributed by atoms with van der Waals surface area (Å²) in [6.07, 6.45) is 0. The van der Waals surface area contributed by atoms with Crippen molar-refractivity contribution in [2.75, 3.05) is 11.9 Å². The minimum Gasteiger partial charge on any atom is -0.323 e. The number of nitrogens with zero attached hydrogens (tertiary/aromatic N) is 2. The molecule has 0 unspecified atom stereocenters. The summed E-state index contributed by atoms with van der Waals surface area (Å²) in [5.74, 6) is -0.0918. The van der Waals surface area contributed by atoms with Crippen molar-refractivity contribution in [1.29, 1.82) is 0 Å². The normalized spacial score (nSPS) is 13.6. The van der Waals surface area contributed by atoms with E-state index in [2.05, 4.69) is 10.3 Å². The van der Waals surface area contributed by atoms with Gasteiger partial charge in [0, 0.05) is 0 Å². The van der Waals surface area contributed by atoms with Crippen LogP contribution in [0.15, 0.2) is 59.6 Å². The minimum absolute atomic E-state index is 0. The molecule has 0 bridgehead atoms. The number of hydrogen-bond acceptors (Lipinski definition) is 3. The number of benzene rings is 2. The average molecular weight is 320 g/mol. The predicted molar refractivity (Wildman–Crippen MR) is 86.6 cm³/mol. The number of halogens is 2. The molecule has 0 aromatic heterocycles. The van der Waals surface area contributed by atoms with Crippen LogP contribution in [0.1, 0.15) is 5.56 Å². The summed E-state index contributed by atoms with van der Waals surface area (Å²) in [6, 6.07) is 15.9. The Labute approximate surface area is 134 Å². The molecule has 1 aliphatic heterocycles. The largest absolute Gasteiger partial charge is 0.323 e. The van der Waals surface area contributed by atoms with Gasteiger partial charge in [-0.1, -0.05) is 42.5 Å². The molecule has 0 saturated heterocycles. The zero-order chi connectivity index (χ0) is 14.7. The third-order valence-electron chi connectivity index (χ3n) is 3.22. The quantitative estimate of drug-likeness (QED) is 0.945. The van der Waals surface area contributed by atoms with E-state index in [-0.39, 0.29) is 30.7 Å². The van der Waals surface area contributed by atoms with E-state index in [1.807, 2.05) is 30.3 Å². The van der Waals surface area contributed by atoms with E-state index < -0.39 is 0 Å². The fourth-order valence-electron chi connectivity index (χ4n) is 2.15. The Morgan fingerprint density at radius 1 is 1.09 bits per heavy atom. The van der Waals surface area contributed by atoms with E-state index >= 15 is 0 Å². The highest BCUT2D eigenvalue weighted by atomic mass is 35.5. The van der Waals surface area contributed by atoms with Gasteiger partial charge in [-0.15, -0.1) is 12.4 Å².